The molecule has 12 nitrogen and oxygen atoms in total. The van der Waals surface area contributed by atoms with Crippen LogP contribution in [0.4, 0.5) is 0 Å². The lowest BCUT2D eigenvalue weighted by atomic mass is 9.99. The van der Waals surface area contributed by atoms with E-state index in [-0.39, 0.29) is 39.5 Å². The van der Waals surface area contributed by atoms with Crippen LogP contribution in [0.5, 0.6) is 28.7 Å². The summed E-state index contributed by atoms with van der Waals surface area (Å²) in [5.74, 6) is -1.96. The first kappa shape index (κ1) is 23.6. The van der Waals surface area contributed by atoms with Gasteiger partial charge in [-0.1, -0.05) is 0 Å². The van der Waals surface area contributed by atoms with Gasteiger partial charge < -0.3 is 54.4 Å². The summed E-state index contributed by atoms with van der Waals surface area (Å²) >= 11 is 0. The second-order valence-corrected chi connectivity index (χ2v) is 7.63. The number of benzene rings is 2. The van der Waals surface area contributed by atoms with Crippen molar-refractivity contribution in [2.45, 2.75) is 30.7 Å². The van der Waals surface area contributed by atoms with Gasteiger partial charge in [0.05, 0.1) is 13.7 Å². The molecule has 182 valence electrons. The Morgan fingerprint density at radius 2 is 1.71 bits per heavy atom. The summed E-state index contributed by atoms with van der Waals surface area (Å²) in [6.45, 7) is -0.665. The van der Waals surface area contributed by atoms with Crippen molar-refractivity contribution in [1.82, 2.24) is 0 Å². The minimum atomic E-state index is -1.71. The first-order chi connectivity index (χ1) is 16.2. The number of aliphatic hydroxyl groups excluding tert-OH is 4. The molecule has 1 saturated heterocycles. The predicted octanol–water partition coefficient (Wildman–Crippen LogP) is -0.236. The monoisotopic (exact) mass is 478 g/mol. The largest absolute Gasteiger partial charge is 0.507 e. The van der Waals surface area contributed by atoms with Gasteiger partial charge in [-0.05, 0) is 18.2 Å². The molecule has 1 aliphatic heterocycles. The molecule has 0 spiro atoms. The van der Waals surface area contributed by atoms with Gasteiger partial charge >= 0.3 is 0 Å². The number of methoxy groups -OCH3 is 1. The van der Waals surface area contributed by atoms with Gasteiger partial charge in [-0.2, -0.15) is 0 Å². The number of phenolic OH excluding ortho intramolecular Hbond substituents is 2. The molecule has 2 heterocycles. The molecule has 0 aliphatic carbocycles. The second-order valence-electron chi connectivity index (χ2n) is 7.63. The third kappa shape index (κ3) is 3.97. The predicted molar refractivity (Wildman–Crippen MR) is 114 cm³/mol. The molecule has 2 aromatic carbocycles. The number of ether oxygens (including phenoxy) is 3. The molecule has 3 aromatic rings. The van der Waals surface area contributed by atoms with Crippen molar-refractivity contribution in [2.75, 3.05) is 13.7 Å². The second kappa shape index (κ2) is 9.00. The molecule has 1 aliphatic rings. The van der Waals surface area contributed by atoms with E-state index in [2.05, 4.69) is 0 Å². The van der Waals surface area contributed by atoms with Gasteiger partial charge in [-0.3, -0.25) is 4.79 Å². The van der Waals surface area contributed by atoms with E-state index >= 15 is 0 Å². The summed E-state index contributed by atoms with van der Waals surface area (Å²) in [5, 5.41) is 69.5. The number of hydrogen-bond acceptors (Lipinski definition) is 12. The standard InChI is InChI=1S/C22H22O12/c1-31-12-4-8(2-3-10(12)24)21-19(29)17(27)15-11(25)5-9(6-13(15)33-21)32-22-20(30)18(28)16(26)14(7-23)34-22/h2-6,14,16,18,20,22-26,28-30H,7H2,1H3/t14-,16+,18+,20-,22+/m0/s1. The number of hydrogen-bond donors (Lipinski definition) is 7. The number of rotatable bonds is 5. The van der Waals surface area contributed by atoms with Gasteiger partial charge in [0.15, 0.2) is 17.3 Å². The van der Waals surface area contributed by atoms with Gasteiger partial charge in [0.25, 0.3) is 0 Å². The number of aromatic hydroxyl groups is 3. The minimum absolute atomic E-state index is 0.0576. The van der Waals surface area contributed by atoms with Crippen LogP contribution in [-0.4, -0.2) is 80.2 Å². The zero-order chi connectivity index (χ0) is 24.7. The fraction of sp³-hybridized carbons (Fsp3) is 0.318. The first-order valence-corrected chi connectivity index (χ1v) is 10.0. The fourth-order valence-corrected chi connectivity index (χ4v) is 3.65. The Balaban J connectivity index is 1.77. The third-order valence-corrected chi connectivity index (χ3v) is 5.47. The van der Waals surface area contributed by atoms with E-state index in [1.807, 2.05) is 0 Å². The average molecular weight is 478 g/mol. The van der Waals surface area contributed by atoms with Crippen LogP contribution in [0, 0.1) is 0 Å². The fourth-order valence-electron chi connectivity index (χ4n) is 3.65. The molecule has 1 fully saturated rings. The molecule has 0 unspecified atom stereocenters. The van der Waals surface area contributed by atoms with Crippen LogP contribution in [0.2, 0.25) is 0 Å². The van der Waals surface area contributed by atoms with Gasteiger partial charge in [0, 0.05) is 17.7 Å². The SMILES string of the molecule is COc1cc(-c2oc3cc(O[C@@H]4O[C@@H](CO)[C@@H](O)[C@@H](O)[C@@H]4O)cc(O)c3c(=O)c2O)ccc1O. The topological polar surface area (TPSA) is 200 Å². The van der Waals surface area contributed by atoms with Gasteiger partial charge in [-0.25, -0.2) is 0 Å². The van der Waals surface area contributed by atoms with Gasteiger partial charge in [0.2, 0.25) is 17.5 Å². The molecule has 0 radical (unpaired) electrons. The summed E-state index contributed by atoms with van der Waals surface area (Å²) in [4.78, 5) is 12.7. The summed E-state index contributed by atoms with van der Waals surface area (Å²) in [7, 11) is 1.32. The number of fused-ring (bicyclic) bond motifs is 1. The van der Waals surface area contributed by atoms with Crippen LogP contribution >= 0.6 is 0 Å². The Morgan fingerprint density at radius 1 is 0.971 bits per heavy atom. The van der Waals surface area contributed by atoms with E-state index in [0.29, 0.717) is 0 Å². The summed E-state index contributed by atoms with van der Waals surface area (Å²) < 4.78 is 21.4. The summed E-state index contributed by atoms with van der Waals surface area (Å²) in [6, 6.07) is 6.15. The lowest BCUT2D eigenvalue weighted by Crippen LogP contribution is -2.60. The molecule has 0 saturated carbocycles. The van der Waals surface area contributed by atoms with E-state index in [4.69, 9.17) is 18.6 Å². The lowest BCUT2D eigenvalue weighted by molar-refractivity contribution is -0.277. The Kier molecular flexibility index (Phi) is 6.25. The molecule has 5 atom stereocenters. The Morgan fingerprint density at radius 3 is 2.38 bits per heavy atom. The van der Waals surface area contributed by atoms with Crippen LogP contribution in [0.25, 0.3) is 22.3 Å². The highest BCUT2D eigenvalue weighted by atomic mass is 16.7. The van der Waals surface area contributed by atoms with Crippen molar-refractivity contribution in [3.8, 4) is 40.1 Å². The summed E-state index contributed by atoms with van der Waals surface area (Å²) in [6.07, 6.45) is -7.74. The Bertz CT molecular complexity index is 1270. The normalized spacial score (nSPS) is 24.8. The molecular formula is C22H22O12. The number of aliphatic hydroxyl groups is 4. The van der Waals surface area contributed by atoms with Crippen LogP contribution in [0.3, 0.4) is 0 Å². The van der Waals surface area contributed by atoms with Crippen molar-refractivity contribution in [1.29, 1.82) is 0 Å². The smallest absolute Gasteiger partial charge is 0.238 e. The van der Waals surface area contributed by atoms with Crippen molar-refractivity contribution >= 4 is 11.0 Å². The van der Waals surface area contributed by atoms with E-state index in [1.54, 1.807) is 0 Å². The van der Waals surface area contributed by atoms with E-state index in [1.165, 1.54) is 31.4 Å². The van der Waals surface area contributed by atoms with Crippen LogP contribution in [0.15, 0.2) is 39.5 Å². The Labute approximate surface area is 191 Å². The van der Waals surface area contributed by atoms with E-state index in [0.717, 1.165) is 6.07 Å². The summed E-state index contributed by atoms with van der Waals surface area (Å²) in [5.41, 5.74) is -0.962. The molecule has 4 rings (SSSR count). The average Bonchev–Trinajstić information content (AvgIpc) is 2.81. The molecule has 7 N–H and O–H groups in total. The highest BCUT2D eigenvalue weighted by Gasteiger charge is 2.44. The van der Waals surface area contributed by atoms with Crippen LogP contribution in [0.1, 0.15) is 0 Å². The van der Waals surface area contributed by atoms with E-state index in [9.17, 15) is 40.5 Å². The maximum absolute atomic E-state index is 12.7. The van der Waals surface area contributed by atoms with Crippen molar-refractivity contribution in [3.05, 3.63) is 40.6 Å². The highest BCUT2D eigenvalue weighted by Crippen LogP contribution is 2.38. The molecule has 0 bridgehead atoms. The van der Waals surface area contributed by atoms with Gasteiger partial charge in [0.1, 0.15) is 46.9 Å². The van der Waals surface area contributed by atoms with Gasteiger partial charge in [-0.15, -0.1) is 0 Å². The molecular weight excluding hydrogens is 456 g/mol. The number of phenols is 2. The van der Waals surface area contributed by atoms with Crippen molar-refractivity contribution in [3.63, 3.8) is 0 Å². The molecule has 34 heavy (non-hydrogen) atoms. The third-order valence-electron chi connectivity index (χ3n) is 5.47. The van der Waals surface area contributed by atoms with Crippen molar-refractivity contribution in [2.24, 2.45) is 0 Å². The Hall–Kier alpha value is -3.55. The maximum Gasteiger partial charge on any atom is 0.238 e. The first-order valence-electron chi connectivity index (χ1n) is 10.0. The van der Waals surface area contributed by atoms with Crippen LogP contribution < -0.4 is 14.9 Å². The lowest BCUT2D eigenvalue weighted by Gasteiger charge is -2.39. The zero-order valence-electron chi connectivity index (χ0n) is 17.7. The van der Waals surface area contributed by atoms with Crippen LogP contribution in [-0.2, 0) is 4.74 Å². The minimum Gasteiger partial charge on any atom is -0.507 e. The van der Waals surface area contributed by atoms with E-state index < -0.39 is 54.2 Å². The van der Waals surface area contributed by atoms with Crippen molar-refractivity contribution < 1.29 is 54.4 Å². The molecule has 0 amide bonds. The maximum atomic E-state index is 12.7. The highest BCUT2D eigenvalue weighted by molar-refractivity contribution is 5.88. The zero-order valence-corrected chi connectivity index (χ0v) is 17.7. The molecule has 12 heteroatoms. The quantitative estimate of drug-likeness (QED) is 0.254. The molecule has 1 aromatic heterocycles.